The number of amides is 2. The van der Waals surface area contributed by atoms with E-state index in [9.17, 15) is 9.59 Å². The number of carbonyl (C=O) groups excluding carboxylic acids is 2. The first-order valence-corrected chi connectivity index (χ1v) is 9.01. The predicted molar refractivity (Wildman–Crippen MR) is 103 cm³/mol. The summed E-state index contributed by atoms with van der Waals surface area (Å²) < 4.78 is 1.58. The molecule has 1 heterocycles. The molecule has 26 heavy (non-hydrogen) atoms. The van der Waals surface area contributed by atoms with Gasteiger partial charge in [0, 0.05) is 16.1 Å². The molecule has 3 rings (SSSR count). The normalized spacial score (nSPS) is 10.5. The topological polar surface area (TPSA) is 90.0 Å². The molecule has 0 atom stereocenters. The van der Waals surface area contributed by atoms with Crippen molar-refractivity contribution in [3.8, 4) is 5.69 Å². The lowest BCUT2D eigenvalue weighted by Crippen LogP contribution is -2.14. The van der Waals surface area contributed by atoms with Gasteiger partial charge in [0.1, 0.15) is 0 Å². The summed E-state index contributed by atoms with van der Waals surface area (Å²) in [6.45, 7) is 0. The van der Waals surface area contributed by atoms with Crippen molar-refractivity contribution < 1.29 is 9.59 Å². The highest BCUT2D eigenvalue weighted by molar-refractivity contribution is 8.00. The molecule has 0 bridgehead atoms. The molecular formula is C18H15ClN4O2S. The Balaban J connectivity index is 1.76. The molecule has 0 fully saturated rings. The van der Waals surface area contributed by atoms with Crippen LogP contribution in [0.3, 0.4) is 0 Å². The van der Waals surface area contributed by atoms with E-state index in [0.717, 1.165) is 10.6 Å². The second-order valence-electron chi connectivity index (χ2n) is 5.36. The highest BCUT2D eigenvalue weighted by atomic mass is 35.5. The van der Waals surface area contributed by atoms with E-state index in [0.29, 0.717) is 16.3 Å². The van der Waals surface area contributed by atoms with Crippen LogP contribution in [-0.4, -0.2) is 27.3 Å². The van der Waals surface area contributed by atoms with Gasteiger partial charge >= 0.3 is 0 Å². The molecule has 0 saturated heterocycles. The van der Waals surface area contributed by atoms with Crippen LogP contribution in [0.15, 0.2) is 65.8 Å². The maximum absolute atomic E-state index is 12.5. The number of nitrogens with two attached hydrogens (primary N) is 1. The third-order valence-corrected chi connectivity index (χ3v) is 4.75. The third-order valence-electron chi connectivity index (χ3n) is 3.42. The summed E-state index contributed by atoms with van der Waals surface area (Å²) in [7, 11) is 0. The molecule has 0 aliphatic carbocycles. The van der Waals surface area contributed by atoms with Crippen LogP contribution in [0.4, 0.5) is 5.69 Å². The Labute approximate surface area is 159 Å². The van der Waals surface area contributed by atoms with Gasteiger partial charge < -0.3 is 11.1 Å². The standard InChI is InChI=1S/C18H15ClN4O2S/c19-13-4-3-5-14(8-13)23-10-12(9-21-23)18(25)22-15-6-1-2-7-16(15)26-11-17(20)24/h1-10H,11H2,(H2,20,24)(H,22,25). The Morgan fingerprint density at radius 1 is 1.19 bits per heavy atom. The molecule has 0 aliphatic heterocycles. The minimum atomic E-state index is -0.418. The van der Waals surface area contributed by atoms with Gasteiger partial charge in [-0.1, -0.05) is 29.8 Å². The van der Waals surface area contributed by atoms with Crippen molar-refractivity contribution in [1.29, 1.82) is 0 Å². The molecule has 2 aromatic carbocycles. The first-order chi connectivity index (χ1) is 12.5. The highest BCUT2D eigenvalue weighted by Gasteiger charge is 2.12. The molecule has 8 heteroatoms. The average Bonchev–Trinajstić information content (AvgIpc) is 3.11. The van der Waals surface area contributed by atoms with Crippen LogP contribution in [0, 0.1) is 0 Å². The number of rotatable bonds is 6. The largest absolute Gasteiger partial charge is 0.369 e. The Kier molecular flexibility index (Phi) is 5.60. The van der Waals surface area contributed by atoms with Crippen molar-refractivity contribution in [2.75, 3.05) is 11.1 Å². The summed E-state index contributed by atoms with van der Waals surface area (Å²) in [5, 5.41) is 7.63. The number of para-hydroxylation sites is 1. The van der Waals surface area contributed by atoms with E-state index in [4.69, 9.17) is 17.3 Å². The number of aromatic nitrogens is 2. The number of benzene rings is 2. The maximum Gasteiger partial charge on any atom is 0.258 e. The summed E-state index contributed by atoms with van der Waals surface area (Å²) in [6.07, 6.45) is 3.11. The Bertz CT molecular complexity index is 958. The highest BCUT2D eigenvalue weighted by Crippen LogP contribution is 2.27. The number of nitrogens with one attached hydrogen (secondary N) is 1. The van der Waals surface area contributed by atoms with Crippen LogP contribution in [-0.2, 0) is 4.79 Å². The van der Waals surface area contributed by atoms with Crippen LogP contribution in [0.25, 0.3) is 5.69 Å². The summed E-state index contributed by atoms with van der Waals surface area (Å²) >= 11 is 7.26. The first kappa shape index (κ1) is 18.0. The van der Waals surface area contributed by atoms with Gasteiger partial charge in [-0.05, 0) is 30.3 Å². The molecule has 1 aromatic heterocycles. The van der Waals surface area contributed by atoms with Crippen LogP contribution < -0.4 is 11.1 Å². The fourth-order valence-corrected chi connectivity index (χ4v) is 3.17. The number of carbonyl (C=O) groups is 2. The molecule has 132 valence electrons. The molecule has 0 radical (unpaired) electrons. The molecule has 3 aromatic rings. The molecule has 0 saturated carbocycles. The monoisotopic (exact) mass is 386 g/mol. The maximum atomic E-state index is 12.5. The van der Waals surface area contributed by atoms with E-state index < -0.39 is 5.91 Å². The van der Waals surface area contributed by atoms with Gasteiger partial charge in [0.2, 0.25) is 5.91 Å². The number of thioether (sulfide) groups is 1. The van der Waals surface area contributed by atoms with Crippen molar-refractivity contribution in [2.45, 2.75) is 4.90 Å². The lowest BCUT2D eigenvalue weighted by molar-refractivity contribution is -0.115. The summed E-state index contributed by atoms with van der Waals surface area (Å²) in [6, 6.07) is 14.4. The first-order valence-electron chi connectivity index (χ1n) is 7.65. The van der Waals surface area contributed by atoms with Crippen molar-refractivity contribution in [3.63, 3.8) is 0 Å². The van der Waals surface area contributed by atoms with Gasteiger partial charge in [-0.15, -0.1) is 11.8 Å². The van der Waals surface area contributed by atoms with Crippen LogP contribution in [0.5, 0.6) is 0 Å². The zero-order chi connectivity index (χ0) is 18.5. The molecular weight excluding hydrogens is 372 g/mol. The predicted octanol–water partition coefficient (Wildman–Crippen LogP) is 3.36. The molecule has 6 nitrogen and oxygen atoms in total. The van der Waals surface area contributed by atoms with E-state index in [2.05, 4.69) is 10.4 Å². The number of anilines is 1. The number of hydrogen-bond donors (Lipinski definition) is 2. The van der Waals surface area contributed by atoms with Gasteiger partial charge in [-0.3, -0.25) is 9.59 Å². The van der Waals surface area contributed by atoms with Crippen molar-refractivity contribution in [3.05, 3.63) is 71.5 Å². The van der Waals surface area contributed by atoms with Gasteiger partial charge in [-0.25, -0.2) is 4.68 Å². The lowest BCUT2D eigenvalue weighted by Gasteiger charge is -2.09. The number of nitrogens with zero attached hydrogens (tertiary/aromatic N) is 2. The van der Waals surface area contributed by atoms with E-state index in [1.807, 2.05) is 24.3 Å². The van der Waals surface area contributed by atoms with Crippen LogP contribution in [0.2, 0.25) is 5.02 Å². The average molecular weight is 387 g/mol. The zero-order valence-corrected chi connectivity index (χ0v) is 15.1. The molecule has 0 unspecified atom stereocenters. The Hall–Kier alpha value is -2.77. The molecule has 0 spiro atoms. The second-order valence-corrected chi connectivity index (χ2v) is 6.81. The van der Waals surface area contributed by atoms with E-state index in [1.165, 1.54) is 18.0 Å². The quantitative estimate of drug-likeness (QED) is 0.635. The SMILES string of the molecule is NC(=O)CSc1ccccc1NC(=O)c1cnn(-c2cccc(Cl)c2)c1. The van der Waals surface area contributed by atoms with Gasteiger partial charge in [-0.2, -0.15) is 5.10 Å². The van der Waals surface area contributed by atoms with Crippen molar-refractivity contribution in [1.82, 2.24) is 9.78 Å². The number of halogens is 1. The third kappa shape index (κ3) is 4.44. The Morgan fingerprint density at radius 3 is 2.77 bits per heavy atom. The van der Waals surface area contributed by atoms with Crippen molar-refractivity contribution >= 4 is 40.9 Å². The lowest BCUT2D eigenvalue weighted by atomic mass is 10.3. The molecule has 2 amide bonds. The van der Waals surface area contributed by atoms with E-state index in [-0.39, 0.29) is 11.7 Å². The van der Waals surface area contributed by atoms with E-state index in [1.54, 1.807) is 35.1 Å². The minimum Gasteiger partial charge on any atom is -0.369 e. The molecule has 3 N–H and O–H groups in total. The van der Waals surface area contributed by atoms with Crippen LogP contribution >= 0.6 is 23.4 Å². The summed E-state index contributed by atoms with van der Waals surface area (Å²) in [5.74, 6) is -0.580. The molecule has 0 aliphatic rings. The fourth-order valence-electron chi connectivity index (χ4n) is 2.24. The van der Waals surface area contributed by atoms with Gasteiger partial charge in [0.05, 0.1) is 28.9 Å². The summed E-state index contributed by atoms with van der Waals surface area (Å²) in [4.78, 5) is 24.3. The smallest absolute Gasteiger partial charge is 0.258 e. The van der Waals surface area contributed by atoms with E-state index >= 15 is 0 Å². The zero-order valence-electron chi connectivity index (χ0n) is 13.6. The van der Waals surface area contributed by atoms with Gasteiger partial charge in [0.15, 0.2) is 0 Å². The second kappa shape index (κ2) is 8.07. The minimum absolute atomic E-state index is 0.138. The Morgan fingerprint density at radius 2 is 2.00 bits per heavy atom. The fraction of sp³-hybridized carbons (Fsp3) is 0.0556. The van der Waals surface area contributed by atoms with Crippen LogP contribution in [0.1, 0.15) is 10.4 Å². The number of primary amides is 1. The summed E-state index contributed by atoms with van der Waals surface area (Å²) in [5.41, 5.74) is 6.95. The van der Waals surface area contributed by atoms with Crippen molar-refractivity contribution in [2.24, 2.45) is 5.73 Å². The number of hydrogen-bond acceptors (Lipinski definition) is 4. The van der Waals surface area contributed by atoms with Gasteiger partial charge in [0.25, 0.3) is 5.91 Å².